The zero-order valence-electron chi connectivity index (χ0n) is 17.1. The Morgan fingerprint density at radius 2 is 1.76 bits per heavy atom. The number of pyridine rings is 1. The van der Waals surface area contributed by atoms with Gasteiger partial charge in [0.05, 0.1) is 21.8 Å². The lowest BCUT2D eigenvalue weighted by Gasteiger charge is -2.18. The van der Waals surface area contributed by atoms with E-state index in [2.05, 4.69) is 10.3 Å². The van der Waals surface area contributed by atoms with Gasteiger partial charge in [-0.2, -0.15) is 13.2 Å². The van der Waals surface area contributed by atoms with Gasteiger partial charge in [0.15, 0.2) is 0 Å². The van der Waals surface area contributed by atoms with E-state index in [9.17, 15) is 31.2 Å². The van der Waals surface area contributed by atoms with Crippen LogP contribution in [-0.4, -0.2) is 49.3 Å². The van der Waals surface area contributed by atoms with Gasteiger partial charge in [-0.25, -0.2) is 18.1 Å². The summed E-state index contributed by atoms with van der Waals surface area (Å²) in [6.45, 7) is -0.134. The summed E-state index contributed by atoms with van der Waals surface area (Å²) >= 11 is 0. The molecule has 0 spiro atoms. The topological polar surface area (TPSA) is 99.7 Å². The van der Waals surface area contributed by atoms with Crippen LogP contribution in [0.5, 0.6) is 0 Å². The van der Waals surface area contributed by atoms with Crippen LogP contribution in [0.2, 0.25) is 0 Å². The predicted molar refractivity (Wildman–Crippen MR) is 114 cm³/mol. The van der Waals surface area contributed by atoms with Gasteiger partial charge in [0.25, 0.3) is 15.7 Å². The van der Waals surface area contributed by atoms with Gasteiger partial charge in [-0.05, 0) is 42.0 Å². The maximum absolute atomic E-state index is 12.9. The number of amides is 3. The van der Waals surface area contributed by atoms with Crippen molar-refractivity contribution in [1.82, 2.24) is 9.88 Å². The Hall–Kier alpha value is -3.67. The first-order valence-electron chi connectivity index (χ1n) is 9.62. The average Bonchev–Trinajstić information content (AvgIpc) is 3.05. The summed E-state index contributed by atoms with van der Waals surface area (Å²) in [5.41, 5.74) is -3.22. The van der Waals surface area contributed by atoms with E-state index in [0.29, 0.717) is 5.52 Å². The zero-order valence-corrected chi connectivity index (χ0v) is 17.9. The molecule has 8 nitrogen and oxygen atoms in total. The van der Waals surface area contributed by atoms with E-state index in [1.165, 1.54) is 4.90 Å². The Morgan fingerprint density at radius 1 is 1.06 bits per heavy atom. The number of aromatic nitrogens is 1. The summed E-state index contributed by atoms with van der Waals surface area (Å²) in [4.78, 5) is 30.9. The van der Waals surface area contributed by atoms with E-state index in [1.807, 2.05) is 18.2 Å². The van der Waals surface area contributed by atoms with Crippen molar-refractivity contribution in [3.63, 3.8) is 0 Å². The van der Waals surface area contributed by atoms with Crippen LogP contribution >= 0.6 is 0 Å². The second-order valence-electron chi connectivity index (χ2n) is 7.23. The van der Waals surface area contributed by atoms with Crippen LogP contribution in [-0.2, 0) is 21.2 Å². The number of alkyl halides is 3. The number of carbonyl (C=O) groups is 2. The number of benzene rings is 2. The molecule has 172 valence electrons. The van der Waals surface area contributed by atoms with Crippen molar-refractivity contribution in [2.24, 2.45) is 0 Å². The van der Waals surface area contributed by atoms with Crippen LogP contribution in [0.25, 0.3) is 10.9 Å². The van der Waals surface area contributed by atoms with Crippen molar-refractivity contribution in [1.29, 1.82) is 0 Å². The van der Waals surface area contributed by atoms with Crippen molar-refractivity contribution in [2.45, 2.75) is 16.9 Å². The number of urea groups is 1. The van der Waals surface area contributed by atoms with Crippen LogP contribution in [0.15, 0.2) is 59.6 Å². The lowest BCUT2D eigenvalue weighted by Crippen LogP contribution is -2.33. The maximum atomic E-state index is 12.9. The highest BCUT2D eigenvalue weighted by atomic mass is 32.2. The fourth-order valence-electron chi connectivity index (χ4n) is 3.61. The van der Waals surface area contributed by atoms with Gasteiger partial charge in [-0.1, -0.05) is 12.1 Å². The highest BCUT2D eigenvalue weighted by Crippen LogP contribution is 2.32. The van der Waals surface area contributed by atoms with Crippen molar-refractivity contribution >= 4 is 44.1 Å². The molecule has 1 aliphatic rings. The van der Waals surface area contributed by atoms with Gasteiger partial charge >= 0.3 is 11.5 Å². The number of fused-ring (bicyclic) bond motifs is 1. The summed E-state index contributed by atoms with van der Waals surface area (Å²) in [6, 6.07) is 10.0. The minimum Gasteiger partial charge on any atom is -0.386 e. The summed E-state index contributed by atoms with van der Waals surface area (Å²) in [6.07, 6.45) is 1.60. The quantitative estimate of drug-likeness (QED) is 0.563. The van der Waals surface area contributed by atoms with Crippen LogP contribution in [0.1, 0.15) is 5.56 Å². The van der Waals surface area contributed by atoms with E-state index in [1.54, 1.807) is 19.3 Å². The Bertz CT molecular complexity index is 1360. The van der Waals surface area contributed by atoms with E-state index in [-0.39, 0.29) is 18.8 Å². The SMILES string of the molecule is CNc1cccc2c(CN3CC(=O)N(c4ccc(S(=O)(=O)C(F)(F)F)cc4)C3=O)ccnc12. The number of para-hydroxylation sites is 1. The van der Waals surface area contributed by atoms with Gasteiger partial charge < -0.3 is 10.2 Å². The largest absolute Gasteiger partial charge is 0.501 e. The van der Waals surface area contributed by atoms with E-state index in [4.69, 9.17) is 0 Å². The van der Waals surface area contributed by atoms with Crippen molar-refractivity contribution in [3.05, 3.63) is 60.3 Å². The molecule has 1 N–H and O–H groups in total. The number of carbonyl (C=O) groups excluding carboxylic acids is 2. The van der Waals surface area contributed by atoms with Crippen LogP contribution in [0.4, 0.5) is 29.3 Å². The smallest absolute Gasteiger partial charge is 0.386 e. The molecule has 2 heterocycles. The van der Waals surface area contributed by atoms with Crippen molar-refractivity contribution < 1.29 is 31.2 Å². The number of imide groups is 1. The number of sulfone groups is 1. The Labute approximate surface area is 186 Å². The highest BCUT2D eigenvalue weighted by molar-refractivity contribution is 7.92. The van der Waals surface area contributed by atoms with Gasteiger partial charge in [0.1, 0.15) is 6.54 Å². The monoisotopic (exact) mass is 478 g/mol. The molecular formula is C21H17F3N4O4S. The van der Waals surface area contributed by atoms with Gasteiger partial charge in [-0.3, -0.25) is 9.78 Å². The molecule has 0 unspecified atom stereocenters. The lowest BCUT2D eigenvalue weighted by atomic mass is 10.1. The first-order chi connectivity index (χ1) is 15.5. The summed E-state index contributed by atoms with van der Waals surface area (Å²) in [7, 11) is -3.77. The Morgan fingerprint density at radius 3 is 2.39 bits per heavy atom. The Balaban J connectivity index is 1.60. The second-order valence-corrected chi connectivity index (χ2v) is 9.17. The first-order valence-corrected chi connectivity index (χ1v) is 11.1. The Kier molecular flexibility index (Phi) is 5.48. The second kappa shape index (κ2) is 8.03. The summed E-state index contributed by atoms with van der Waals surface area (Å²) < 4.78 is 61.3. The molecule has 4 rings (SSSR count). The van der Waals surface area contributed by atoms with Gasteiger partial charge in [0.2, 0.25) is 0 Å². The fraction of sp³-hybridized carbons (Fsp3) is 0.190. The van der Waals surface area contributed by atoms with Crippen LogP contribution in [0, 0.1) is 0 Å². The number of hydrogen-bond donors (Lipinski definition) is 1. The third-order valence-corrected chi connectivity index (χ3v) is 6.74. The number of hydrogen-bond acceptors (Lipinski definition) is 6. The first kappa shape index (κ1) is 22.5. The third-order valence-electron chi connectivity index (χ3n) is 5.24. The molecule has 33 heavy (non-hydrogen) atoms. The number of halogens is 3. The molecule has 1 aromatic heterocycles. The van der Waals surface area contributed by atoms with E-state index >= 15 is 0 Å². The van der Waals surface area contributed by atoms with Gasteiger partial charge in [0, 0.05) is 25.2 Å². The fourth-order valence-corrected chi connectivity index (χ4v) is 4.38. The lowest BCUT2D eigenvalue weighted by molar-refractivity contribution is -0.116. The molecular weight excluding hydrogens is 461 g/mol. The molecule has 1 saturated heterocycles. The van der Waals surface area contributed by atoms with Crippen molar-refractivity contribution in [2.75, 3.05) is 23.8 Å². The molecule has 3 amide bonds. The molecule has 3 aromatic rings. The van der Waals surface area contributed by atoms with Crippen LogP contribution in [0.3, 0.4) is 0 Å². The normalized spacial score (nSPS) is 14.9. The summed E-state index contributed by atoms with van der Waals surface area (Å²) in [5, 5.41) is 3.84. The molecule has 12 heteroatoms. The van der Waals surface area contributed by atoms with Crippen molar-refractivity contribution in [3.8, 4) is 0 Å². The molecule has 0 radical (unpaired) electrons. The third kappa shape index (κ3) is 3.86. The maximum Gasteiger partial charge on any atom is 0.501 e. The molecule has 1 fully saturated rings. The standard InChI is InChI=1S/C21H17F3N4O4S/c1-25-17-4-2-3-16-13(9-10-26-19(16)17)11-27-12-18(29)28(20(27)30)14-5-7-15(8-6-14)33(31,32)21(22,23)24/h2-10,25H,11-12H2,1H3. The number of nitrogens with zero attached hydrogens (tertiary/aromatic N) is 3. The summed E-state index contributed by atoms with van der Waals surface area (Å²) in [5.74, 6) is -0.583. The van der Waals surface area contributed by atoms with E-state index < -0.39 is 32.2 Å². The van der Waals surface area contributed by atoms with E-state index in [0.717, 1.165) is 45.8 Å². The zero-order chi connectivity index (χ0) is 24.0. The average molecular weight is 478 g/mol. The predicted octanol–water partition coefficient (Wildman–Crippen LogP) is 3.54. The minimum absolute atomic E-state index is 0.0225. The minimum atomic E-state index is -5.53. The molecule has 0 atom stereocenters. The molecule has 0 bridgehead atoms. The van der Waals surface area contributed by atoms with Crippen LogP contribution < -0.4 is 10.2 Å². The molecule has 2 aromatic carbocycles. The molecule has 0 aliphatic carbocycles. The molecule has 0 saturated carbocycles. The highest BCUT2D eigenvalue weighted by Gasteiger charge is 2.47. The van der Waals surface area contributed by atoms with Gasteiger partial charge in [-0.15, -0.1) is 0 Å². The molecule has 1 aliphatic heterocycles. The number of nitrogens with one attached hydrogen (secondary N) is 1. The number of rotatable bonds is 5. The number of anilines is 2.